The molecular formula is C17H31N3O. The number of rotatable bonds is 3. The second-order valence-electron chi connectivity index (χ2n) is 7.40. The number of piperidine rings is 2. The molecule has 21 heavy (non-hydrogen) atoms. The lowest BCUT2D eigenvalue weighted by molar-refractivity contribution is -0.134. The van der Waals surface area contributed by atoms with E-state index in [0.29, 0.717) is 18.4 Å². The first-order chi connectivity index (χ1) is 10.2. The Morgan fingerprint density at radius 2 is 1.90 bits per heavy atom. The van der Waals surface area contributed by atoms with Gasteiger partial charge in [0.25, 0.3) is 0 Å². The van der Waals surface area contributed by atoms with Gasteiger partial charge in [-0.1, -0.05) is 6.92 Å². The van der Waals surface area contributed by atoms with Crippen molar-refractivity contribution in [1.82, 2.24) is 15.1 Å². The summed E-state index contributed by atoms with van der Waals surface area (Å²) >= 11 is 0. The summed E-state index contributed by atoms with van der Waals surface area (Å²) in [5, 5.41) is 3.64. The molecule has 3 saturated heterocycles. The van der Waals surface area contributed by atoms with E-state index in [1.807, 2.05) is 0 Å². The van der Waals surface area contributed by atoms with E-state index < -0.39 is 0 Å². The highest BCUT2D eigenvalue weighted by molar-refractivity contribution is 5.78. The van der Waals surface area contributed by atoms with E-state index in [2.05, 4.69) is 22.0 Å². The molecular weight excluding hydrogens is 262 g/mol. The molecule has 120 valence electrons. The highest BCUT2D eigenvalue weighted by atomic mass is 16.2. The first kappa shape index (κ1) is 15.3. The highest BCUT2D eigenvalue weighted by Crippen LogP contribution is 2.25. The summed E-state index contributed by atoms with van der Waals surface area (Å²) in [5.41, 5.74) is 0. The Morgan fingerprint density at radius 1 is 1.10 bits per heavy atom. The normalized spacial score (nSPS) is 32.5. The number of carbonyl (C=O) groups is 1. The molecule has 3 heterocycles. The monoisotopic (exact) mass is 293 g/mol. The Labute approximate surface area is 129 Å². The molecule has 0 aromatic rings. The van der Waals surface area contributed by atoms with Gasteiger partial charge in [-0.2, -0.15) is 0 Å². The van der Waals surface area contributed by atoms with Crippen molar-refractivity contribution in [2.24, 2.45) is 11.8 Å². The lowest BCUT2D eigenvalue weighted by atomic mass is 9.88. The Morgan fingerprint density at radius 3 is 2.57 bits per heavy atom. The zero-order valence-corrected chi connectivity index (χ0v) is 13.5. The number of hydrogen-bond donors (Lipinski definition) is 1. The topological polar surface area (TPSA) is 35.6 Å². The van der Waals surface area contributed by atoms with Crippen LogP contribution in [-0.2, 0) is 4.79 Å². The maximum absolute atomic E-state index is 12.4. The molecule has 0 radical (unpaired) electrons. The maximum atomic E-state index is 12.4. The Balaban J connectivity index is 1.41. The van der Waals surface area contributed by atoms with Crippen LogP contribution in [0.15, 0.2) is 0 Å². The van der Waals surface area contributed by atoms with Crippen molar-refractivity contribution in [2.75, 3.05) is 39.3 Å². The lowest BCUT2D eigenvalue weighted by Crippen LogP contribution is -2.47. The van der Waals surface area contributed by atoms with Crippen molar-refractivity contribution in [3.05, 3.63) is 0 Å². The predicted octanol–water partition coefficient (Wildman–Crippen LogP) is 1.71. The second-order valence-corrected chi connectivity index (χ2v) is 7.40. The zero-order chi connectivity index (χ0) is 14.7. The number of hydrogen-bond acceptors (Lipinski definition) is 3. The first-order valence-corrected chi connectivity index (χ1v) is 8.96. The molecule has 0 aliphatic carbocycles. The van der Waals surface area contributed by atoms with E-state index in [1.54, 1.807) is 0 Å². The molecule has 2 unspecified atom stereocenters. The van der Waals surface area contributed by atoms with E-state index in [0.717, 1.165) is 38.1 Å². The molecule has 0 saturated carbocycles. The fraction of sp³-hybridized carbons (Fsp3) is 0.941. The fourth-order valence-electron chi connectivity index (χ4n) is 4.33. The van der Waals surface area contributed by atoms with E-state index >= 15 is 0 Å². The van der Waals surface area contributed by atoms with Crippen molar-refractivity contribution < 1.29 is 4.79 Å². The molecule has 4 heteroatoms. The highest BCUT2D eigenvalue weighted by Gasteiger charge is 2.30. The standard InChI is InChI=1S/C17H31N3O/c1-14-4-3-9-20(12-14)17(21)13-19-10-6-15(7-11-19)16-5-2-8-18-16/h14-16,18H,2-13H2,1H3. The minimum atomic E-state index is 0.360. The predicted molar refractivity (Wildman–Crippen MR) is 85.2 cm³/mol. The molecule has 0 aromatic heterocycles. The third-order valence-electron chi connectivity index (χ3n) is 5.67. The van der Waals surface area contributed by atoms with Crippen LogP contribution < -0.4 is 5.32 Å². The van der Waals surface area contributed by atoms with Crippen LogP contribution in [0.25, 0.3) is 0 Å². The summed E-state index contributed by atoms with van der Waals surface area (Å²) in [6.07, 6.45) is 7.69. The summed E-state index contributed by atoms with van der Waals surface area (Å²) in [6.45, 7) is 8.29. The molecule has 1 N–H and O–H groups in total. The molecule has 0 bridgehead atoms. The van der Waals surface area contributed by atoms with Gasteiger partial charge >= 0.3 is 0 Å². The summed E-state index contributed by atoms with van der Waals surface area (Å²) < 4.78 is 0. The van der Waals surface area contributed by atoms with Crippen LogP contribution in [0.1, 0.15) is 45.4 Å². The van der Waals surface area contributed by atoms with E-state index in [-0.39, 0.29) is 0 Å². The minimum Gasteiger partial charge on any atom is -0.341 e. The molecule has 1 amide bonds. The lowest BCUT2D eigenvalue weighted by Gasteiger charge is -2.37. The number of nitrogens with one attached hydrogen (secondary N) is 1. The van der Waals surface area contributed by atoms with Gasteiger partial charge in [0.05, 0.1) is 6.54 Å². The third kappa shape index (κ3) is 3.98. The average Bonchev–Trinajstić information content (AvgIpc) is 3.02. The van der Waals surface area contributed by atoms with Crippen molar-refractivity contribution in [3.63, 3.8) is 0 Å². The SMILES string of the molecule is CC1CCCN(C(=O)CN2CCC(C3CCCN3)CC2)C1. The summed E-state index contributed by atoms with van der Waals surface area (Å²) in [6, 6.07) is 0.755. The Hall–Kier alpha value is -0.610. The van der Waals surface area contributed by atoms with Gasteiger partial charge in [0.2, 0.25) is 5.91 Å². The van der Waals surface area contributed by atoms with E-state index in [1.165, 1.54) is 45.1 Å². The molecule has 3 aliphatic rings. The van der Waals surface area contributed by atoms with Crippen LogP contribution in [-0.4, -0.2) is 61.0 Å². The molecule has 2 atom stereocenters. The van der Waals surface area contributed by atoms with Crippen LogP contribution >= 0.6 is 0 Å². The fourth-order valence-corrected chi connectivity index (χ4v) is 4.33. The van der Waals surface area contributed by atoms with Gasteiger partial charge in [-0.25, -0.2) is 0 Å². The maximum Gasteiger partial charge on any atom is 0.236 e. The molecule has 0 aromatic carbocycles. The Bertz CT molecular complexity index is 346. The summed E-state index contributed by atoms with van der Waals surface area (Å²) in [5.74, 6) is 1.88. The Kier molecular flexibility index (Phi) is 5.17. The van der Waals surface area contributed by atoms with Crippen molar-refractivity contribution in [1.29, 1.82) is 0 Å². The second kappa shape index (κ2) is 7.10. The van der Waals surface area contributed by atoms with Gasteiger partial charge in [-0.15, -0.1) is 0 Å². The van der Waals surface area contributed by atoms with Gasteiger partial charge in [-0.05, 0) is 70.0 Å². The van der Waals surface area contributed by atoms with Crippen LogP contribution in [0.3, 0.4) is 0 Å². The molecule has 4 nitrogen and oxygen atoms in total. The van der Waals surface area contributed by atoms with Crippen LogP contribution in [0.5, 0.6) is 0 Å². The first-order valence-electron chi connectivity index (χ1n) is 8.96. The smallest absolute Gasteiger partial charge is 0.236 e. The van der Waals surface area contributed by atoms with Gasteiger partial charge in [0.1, 0.15) is 0 Å². The van der Waals surface area contributed by atoms with Gasteiger partial charge in [0.15, 0.2) is 0 Å². The zero-order valence-electron chi connectivity index (χ0n) is 13.5. The third-order valence-corrected chi connectivity index (χ3v) is 5.67. The largest absolute Gasteiger partial charge is 0.341 e. The molecule has 3 rings (SSSR count). The number of carbonyl (C=O) groups excluding carboxylic acids is 1. The quantitative estimate of drug-likeness (QED) is 0.860. The summed E-state index contributed by atoms with van der Waals surface area (Å²) in [4.78, 5) is 16.9. The van der Waals surface area contributed by atoms with Gasteiger partial charge < -0.3 is 10.2 Å². The van der Waals surface area contributed by atoms with Crippen LogP contribution in [0.4, 0.5) is 0 Å². The molecule has 0 spiro atoms. The molecule has 3 fully saturated rings. The van der Waals surface area contributed by atoms with E-state index in [4.69, 9.17) is 0 Å². The van der Waals surface area contributed by atoms with Gasteiger partial charge in [-0.3, -0.25) is 9.69 Å². The minimum absolute atomic E-state index is 0.360. The van der Waals surface area contributed by atoms with Crippen LogP contribution in [0.2, 0.25) is 0 Å². The van der Waals surface area contributed by atoms with Crippen LogP contribution in [0, 0.1) is 11.8 Å². The van der Waals surface area contributed by atoms with Gasteiger partial charge in [0, 0.05) is 19.1 Å². The number of likely N-dealkylation sites (tertiary alicyclic amines) is 2. The number of amides is 1. The van der Waals surface area contributed by atoms with E-state index in [9.17, 15) is 4.79 Å². The summed E-state index contributed by atoms with van der Waals surface area (Å²) in [7, 11) is 0. The average molecular weight is 293 g/mol. The number of nitrogens with zero attached hydrogens (tertiary/aromatic N) is 2. The van der Waals surface area contributed by atoms with Crippen molar-refractivity contribution in [2.45, 2.75) is 51.5 Å². The van der Waals surface area contributed by atoms with Crippen molar-refractivity contribution >= 4 is 5.91 Å². The van der Waals surface area contributed by atoms with Crippen molar-refractivity contribution in [3.8, 4) is 0 Å². The molecule has 3 aliphatic heterocycles.